The number of hydrogen-bond donors (Lipinski definition) is 1. The van der Waals surface area contributed by atoms with E-state index in [1.165, 1.54) is 0 Å². The monoisotopic (exact) mass is 255 g/mol. The summed E-state index contributed by atoms with van der Waals surface area (Å²) in [5.74, 6) is 0. The van der Waals surface area contributed by atoms with Gasteiger partial charge in [0.2, 0.25) is 0 Å². The van der Waals surface area contributed by atoms with Crippen LogP contribution >= 0.6 is 22.6 Å². The van der Waals surface area contributed by atoms with E-state index in [0.717, 1.165) is 17.5 Å². The number of rotatable bonds is 1. The molecule has 0 aromatic carbocycles. The van der Waals surface area contributed by atoms with Gasteiger partial charge in [-0.05, 0) is 13.8 Å². The fourth-order valence-electron chi connectivity index (χ4n) is 1.15. The van der Waals surface area contributed by atoms with Crippen molar-refractivity contribution in [2.45, 2.75) is 25.6 Å². The average Bonchev–Trinajstić information content (AvgIpc) is 1.86. The average molecular weight is 255 g/mol. The number of ether oxygens (including phenoxy) is 1. The van der Waals surface area contributed by atoms with Gasteiger partial charge in [0.15, 0.2) is 0 Å². The second-order valence-corrected chi connectivity index (χ2v) is 4.17. The maximum Gasteiger partial charge on any atom is 0.0796 e. The highest BCUT2D eigenvalue weighted by molar-refractivity contribution is 14.1. The Kier molecular flexibility index (Phi) is 2.94. The van der Waals surface area contributed by atoms with Crippen LogP contribution in [0.5, 0.6) is 0 Å². The summed E-state index contributed by atoms with van der Waals surface area (Å²) in [5, 5.41) is 3.35. The molecule has 0 aliphatic carbocycles. The minimum absolute atomic E-state index is 0.0358. The zero-order valence-corrected chi connectivity index (χ0v) is 8.64. The molecule has 1 fully saturated rings. The fourth-order valence-corrected chi connectivity index (χ4v) is 1.65. The zero-order chi connectivity index (χ0) is 7.61. The van der Waals surface area contributed by atoms with Crippen molar-refractivity contribution in [2.24, 2.45) is 0 Å². The molecular formula is C7H14INO. The first kappa shape index (κ1) is 8.74. The Labute approximate surface area is 75.8 Å². The van der Waals surface area contributed by atoms with Crippen molar-refractivity contribution < 1.29 is 4.74 Å². The lowest BCUT2D eigenvalue weighted by molar-refractivity contribution is -0.0820. The molecule has 1 N–H and O–H groups in total. The van der Waals surface area contributed by atoms with E-state index < -0.39 is 0 Å². The van der Waals surface area contributed by atoms with Crippen LogP contribution in [0.2, 0.25) is 0 Å². The van der Waals surface area contributed by atoms with Gasteiger partial charge in [-0.2, -0.15) is 0 Å². The van der Waals surface area contributed by atoms with Crippen LogP contribution in [0.1, 0.15) is 13.8 Å². The molecule has 1 saturated heterocycles. The number of halogens is 1. The van der Waals surface area contributed by atoms with Crippen LogP contribution in [0.4, 0.5) is 0 Å². The molecule has 0 bridgehead atoms. The normalized spacial score (nSPS) is 32.1. The maximum absolute atomic E-state index is 5.75. The number of hydrogen-bond acceptors (Lipinski definition) is 2. The molecule has 0 aromatic heterocycles. The van der Waals surface area contributed by atoms with Crippen LogP contribution in [0.3, 0.4) is 0 Å². The topological polar surface area (TPSA) is 21.3 Å². The molecule has 0 amide bonds. The van der Waals surface area contributed by atoms with Crippen molar-refractivity contribution in [2.75, 3.05) is 17.5 Å². The minimum Gasteiger partial charge on any atom is -0.369 e. The predicted octanol–water partition coefficient (Wildman–Crippen LogP) is 1.19. The Bertz CT molecular complexity index is 116. The molecule has 0 aromatic rings. The smallest absolute Gasteiger partial charge is 0.0796 e. The summed E-state index contributed by atoms with van der Waals surface area (Å²) in [7, 11) is 0. The summed E-state index contributed by atoms with van der Waals surface area (Å²) >= 11 is 2.36. The van der Waals surface area contributed by atoms with E-state index in [1.54, 1.807) is 0 Å². The van der Waals surface area contributed by atoms with Gasteiger partial charge in [0.25, 0.3) is 0 Å². The largest absolute Gasteiger partial charge is 0.369 e. The Balaban J connectivity index is 2.40. The molecule has 1 unspecified atom stereocenters. The van der Waals surface area contributed by atoms with Crippen LogP contribution in [0.15, 0.2) is 0 Å². The van der Waals surface area contributed by atoms with Gasteiger partial charge in [-0.1, -0.05) is 22.6 Å². The van der Waals surface area contributed by atoms with E-state index in [9.17, 15) is 0 Å². The van der Waals surface area contributed by atoms with E-state index in [2.05, 4.69) is 41.8 Å². The predicted molar refractivity (Wildman–Crippen MR) is 50.7 cm³/mol. The molecule has 1 aliphatic rings. The van der Waals surface area contributed by atoms with Crippen LogP contribution in [0, 0.1) is 0 Å². The molecule has 1 heterocycles. The molecule has 10 heavy (non-hydrogen) atoms. The fraction of sp³-hybridized carbons (Fsp3) is 1.00. The van der Waals surface area contributed by atoms with Gasteiger partial charge in [-0.15, -0.1) is 0 Å². The van der Waals surface area contributed by atoms with Crippen LogP contribution in [-0.4, -0.2) is 29.2 Å². The van der Waals surface area contributed by atoms with Crippen molar-refractivity contribution in [3.63, 3.8) is 0 Å². The Morgan fingerprint density at radius 3 is 2.80 bits per heavy atom. The van der Waals surface area contributed by atoms with Crippen molar-refractivity contribution in [3.8, 4) is 0 Å². The van der Waals surface area contributed by atoms with E-state index in [0.29, 0.717) is 6.10 Å². The number of alkyl halides is 1. The quantitative estimate of drug-likeness (QED) is 0.561. The lowest BCUT2D eigenvalue weighted by atomic mass is 10.1. The highest BCUT2D eigenvalue weighted by Gasteiger charge is 2.27. The molecule has 1 atom stereocenters. The SMILES string of the molecule is CC1(C)CNCC(CI)O1. The first-order valence-corrected chi connectivity index (χ1v) is 5.11. The highest BCUT2D eigenvalue weighted by atomic mass is 127. The van der Waals surface area contributed by atoms with E-state index in [-0.39, 0.29) is 5.60 Å². The Hall–Kier alpha value is 0.650. The summed E-state index contributed by atoms with van der Waals surface area (Å²) < 4.78 is 6.83. The standard InChI is InChI=1S/C7H14INO/c1-7(2)5-9-4-6(3-8)10-7/h6,9H,3-5H2,1-2H3. The lowest BCUT2D eigenvalue weighted by Crippen LogP contribution is -2.50. The molecule has 1 aliphatic heterocycles. The molecule has 0 radical (unpaired) electrons. The number of nitrogens with one attached hydrogen (secondary N) is 1. The van der Waals surface area contributed by atoms with Gasteiger partial charge in [0, 0.05) is 17.5 Å². The van der Waals surface area contributed by atoms with Crippen LogP contribution in [0.25, 0.3) is 0 Å². The summed E-state index contributed by atoms with van der Waals surface area (Å²) in [5.41, 5.74) is 0.0358. The molecule has 3 heteroatoms. The minimum atomic E-state index is 0.0358. The Morgan fingerprint density at radius 1 is 1.70 bits per heavy atom. The summed E-state index contributed by atoms with van der Waals surface area (Å²) in [6.07, 6.45) is 0.407. The first-order valence-electron chi connectivity index (χ1n) is 3.58. The molecule has 0 spiro atoms. The van der Waals surface area contributed by atoms with E-state index >= 15 is 0 Å². The Morgan fingerprint density at radius 2 is 2.40 bits per heavy atom. The second kappa shape index (κ2) is 3.36. The molecule has 0 saturated carbocycles. The third-order valence-electron chi connectivity index (χ3n) is 1.58. The van der Waals surface area contributed by atoms with Crippen molar-refractivity contribution in [1.29, 1.82) is 0 Å². The third-order valence-corrected chi connectivity index (χ3v) is 2.56. The first-order chi connectivity index (χ1) is 4.64. The van der Waals surface area contributed by atoms with Crippen molar-refractivity contribution in [1.82, 2.24) is 5.32 Å². The van der Waals surface area contributed by atoms with Gasteiger partial charge in [0.1, 0.15) is 0 Å². The van der Waals surface area contributed by atoms with Crippen LogP contribution < -0.4 is 5.32 Å². The molecule has 60 valence electrons. The van der Waals surface area contributed by atoms with Gasteiger partial charge >= 0.3 is 0 Å². The summed E-state index contributed by atoms with van der Waals surface area (Å²) in [6, 6.07) is 0. The lowest BCUT2D eigenvalue weighted by Gasteiger charge is -2.35. The maximum atomic E-state index is 5.75. The highest BCUT2D eigenvalue weighted by Crippen LogP contribution is 2.16. The van der Waals surface area contributed by atoms with Gasteiger partial charge in [0.05, 0.1) is 11.7 Å². The third kappa shape index (κ3) is 2.36. The summed E-state index contributed by atoms with van der Waals surface area (Å²) in [4.78, 5) is 0. The van der Waals surface area contributed by atoms with E-state index in [4.69, 9.17) is 4.74 Å². The van der Waals surface area contributed by atoms with Crippen molar-refractivity contribution >= 4 is 22.6 Å². The van der Waals surface area contributed by atoms with Gasteiger partial charge < -0.3 is 10.1 Å². The van der Waals surface area contributed by atoms with E-state index in [1.807, 2.05) is 0 Å². The van der Waals surface area contributed by atoms with Crippen molar-refractivity contribution in [3.05, 3.63) is 0 Å². The summed E-state index contributed by atoms with van der Waals surface area (Å²) in [6.45, 7) is 6.23. The van der Waals surface area contributed by atoms with Gasteiger partial charge in [-0.3, -0.25) is 0 Å². The molecule has 1 rings (SSSR count). The molecule has 2 nitrogen and oxygen atoms in total. The second-order valence-electron chi connectivity index (χ2n) is 3.28. The van der Waals surface area contributed by atoms with Crippen LogP contribution in [-0.2, 0) is 4.74 Å². The van der Waals surface area contributed by atoms with Gasteiger partial charge in [-0.25, -0.2) is 0 Å². The zero-order valence-electron chi connectivity index (χ0n) is 6.48. The molecular weight excluding hydrogens is 241 g/mol. The number of morpholine rings is 1.